The molecule has 0 aliphatic carbocycles. The second-order valence-corrected chi connectivity index (χ2v) is 7.56. The van der Waals surface area contributed by atoms with Crippen molar-refractivity contribution in [2.45, 2.75) is 91.9 Å². The van der Waals surface area contributed by atoms with Crippen LogP contribution in [0.3, 0.4) is 0 Å². The Morgan fingerprint density at radius 2 is 1.62 bits per heavy atom. The van der Waals surface area contributed by atoms with Gasteiger partial charge in [0.2, 0.25) is 0 Å². The van der Waals surface area contributed by atoms with Crippen molar-refractivity contribution < 1.29 is 19.1 Å². The number of hydrazine groups is 1. The van der Waals surface area contributed by atoms with Crippen LogP contribution in [0, 0.1) is 11.8 Å². The molecule has 0 saturated carbocycles. The second kappa shape index (κ2) is 9.41. The Hall–Kier alpha value is -1.90. The van der Waals surface area contributed by atoms with Gasteiger partial charge >= 0.3 is 12.2 Å². The Bertz CT molecular complexity index is 478. The van der Waals surface area contributed by atoms with Crippen molar-refractivity contribution >= 4 is 12.2 Å². The van der Waals surface area contributed by atoms with Crippen LogP contribution >= 0.6 is 0 Å². The first-order chi connectivity index (χ1) is 10.9. The molecule has 1 N–H and O–H groups in total. The molecule has 1 atom stereocenters. The third kappa shape index (κ3) is 10.8. The van der Waals surface area contributed by atoms with Crippen molar-refractivity contribution in [1.29, 1.82) is 0 Å². The first kappa shape index (κ1) is 22.1. The van der Waals surface area contributed by atoms with Gasteiger partial charge in [0.15, 0.2) is 0 Å². The highest BCUT2D eigenvalue weighted by atomic mass is 16.6. The van der Waals surface area contributed by atoms with E-state index in [0.717, 1.165) is 24.3 Å². The molecular formula is C18H32N2O4. The number of nitrogens with zero attached hydrogens (tertiary/aromatic N) is 1. The minimum absolute atomic E-state index is 0.538. The second-order valence-electron chi connectivity index (χ2n) is 7.56. The molecule has 0 heterocycles. The van der Waals surface area contributed by atoms with Crippen molar-refractivity contribution in [3.05, 3.63) is 0 Å². The highest BCUT2D eigenvalue weighted by molar-refractivity contribution is 5.75. The van der Waals surface area contributed by atoms with Crippen molar-refractivity contribution in [1.82, 2.24) is 10.4 Å². The summed E-state index contributed by atoms with van der Waals surface area (Å²) in [5.74, 6) is 5.97. The Kier molecular flexibility index (Phi) is 8.66. The predicted molar refractivity (Wildman–Crippen MR) is 94.2 cm³/mol. The standard InChI is InChI=1S/C18H32N2O4/c1-9-10-11-12-13-14(2)20(16(22)24-18(6,7)8)19-15(21)23-17(3,4)5/h14H,9-11H2,1-8H3,(H,19,21). The molecular weight excluding hydrogens is 308 g/mol. The topological polar surface area (TPSA) is 67.9 Å². The third-order valence-corrected chi connectivity index (χ3v) is 2.55. The normalized spacial score (nSPS) is 12.5. The molecule has 6 nitrogen and oxygen atoms in total. The summed E-state index contributed by atoms with van der Waals surface area (Å²) < 4.78 is 10.5. The van der Waals surface area contributed by atoms with Gasteiger partial charge in [-0.05, 0) is 54.9 Å². The predicted octanol–water partition coefficient (Wildman–Crippen LogP) is 4.25. The van der Waals surface area contributed by atoms with E-state index in [1.807, 2.05) is 0 Å². The van der Waals surface area contributed by atoms with Gasteiger partial charge in [0.25, 0.3) is 0 Å². The Balaban J connectivity index is 5.09. The van der Waals surface area contributed by atoms with E-state index in [4.69, 9.17) is 9.47 Å². The summed E-state index contributed by atoms with van der Waals surface area (Å²) in [5.41, 5.74) is 1.08. The first-order valence-electron chi connectivity index (χ1n) is 8.36. The fourth-order valence-electron chi connectivity index (χ4n) is 1.56. The summed E-state index contributed by atoms with van der Waals surface area (Å²) in [6, 6.07) is -0.538. The number of amides is 2. The van der Waals surface area contributed by atoms with Crippen LogP contribution in [0.4, 0.5) is 9.59 Å². The van der Waals surface area contributed by atoms with E-state index in [2.05, 4.69) is 24.2 Å². The molecule has 0 aliphatic heterocycles. The first-order valence-corrected chi connectivity index (χ1v) is 8.36. The SMILES string of the molecule is CCCCC#CC(C)N(NC(=O)OC(C)(C)C)C(=O)OC(C)(C)C. The quantitative estimate of drug-likeness (QED) is 0.474. The molecule has 0 bridgehead atoms. The summed E-state index contributed by atoms with van der Waals surface area (Å²) >= 11 is 0. The van der Waals surface area contributed by atoms with E-state index < -0.39 is 29.4 Å². The van der Waals surface area contributed by atoms with Gasteiger partial charge in [-0.2, -0.15) is 0 Å². The highest BCUT2D eigenvalue weighted by Gasteiger charge is 2.28. The van der Waals surface area contributed by atoms with Crippen LogP contribution in [0.1, 0.15) is 74.7 Å². The van der Waals surface area contributed by atoms with Gasteiger partial charge in [0.05, 0.1) is 0 Å². The van der Waals surface area contributed by atoms with Crippen molar-refractivity contribution in [3.63, 3.8) is 0 Å². The maximum Gasteiger partial charge on any atom is 0.430 e. The van der Waals surface area contributed by atoms with Crippen LogP contribution in [-0.4, -0.2) is 34.4 Å². The van der Waals surface area contributed by atoms with Gasteiger partial charge in [-0.25, -0.2) is 20.0 Å². The van der Waals surface area contributed by atoms with E-state index in [-0.39, 0.29) is 0 Å². The molecule has 0 fully saturated rings. The molecule has 0 radical (unpaired) electrons. The van der Waals surface area contributed by atoms with E-state index in [1.54, 1.807) is 48.5 Å². The fourth-order valence-corrected chi connectivity index (χ4v) is 1.56. The summed E-state index contributed by atoms with van der Waals surface area (Å²) in [5, 5.41) is 1.07. The third-order valence-electron chi connectivity index (χ3n) is 2.55. The highest BCUT2D eigenvalue weighted by Crippen LogP contribution is 2.12. The Morgan fingerprint density at radius 3 is 2.08 bits per heavy atom. The number of carbonyl (C=O) groups is 2. The number of carbonyl (C=O) groups excluding carboxylic acids is 2. The fraction of sp³-hybridized carbons (Fsp3) is 0.778. The zero-order valence-corrected chi connectivity index (χ0v) is 16.3. The number of hydrogen-bond donors (Lipinski definition) is 1. The van der Waals surface area contributed by atoms with Crippen LogP contribution in [0.2, 0.25) is 0 Å². The van der Waals surface area contributed by atoms with E-state index >= 15 is 0 Å². The van der Waals surface area contributed by atoms with Gasteiger partial charge in [-0.3, -0.25) is 0 Å². The summed E-state index contributed by atoms with van der Waals surface area (Å²) in [4.78, 5) is 24.3. The number of unbranched alkanes of at least 4 members (excludes halogenated alkanes) is 2. The minimum Gasteiger partial charge on any atom is -0.443 e. The summed E-state index contributed by atoms with van der Waals surface area (Å²) in [6.07, 6.45) is 1.39. The van der Waals surface area contributed by atoms with Crippen LogP contribution in [0.5, 0.6) is 0 Å². The van der Waals surface area contributed by atoms with Crippen molar-refractivity contribution in [2.24, 2.45) is 0 Å². The van der Waals surface area contributed by atoms with Crippen LogP contribution < -0.4 is 5.43 Å². The Morgan fingerprint density at radius 1 is 1.08 bits per heavy atom. The number of ether oxygens (including phenoxy) is 2. The molecule has 1 unspecified atom stereocenters. The summed E-state index contributed by atoms with van der Waals surface area (Å²) in [6.45, 7) is 14.3. The maximum atomic E-state index is 12.4. The molecule has 0 aliphatic rings. The lowest BCUT2D eigenvalue weighted by atomic mass is 10.2. The average Bonchev–Trinajstić information content (AvgIpc) is 2.36. The zero-order chi connectivity index (χ0) is 19.0. The van der Waals surface area contributed by atoms with Gasteiger partial charge in [0.1, 0.15) is 17.2 Å². The monoisotopic (exact) mass is 340 g/mol. The van der Waals surface area contributed by atoms with E-state index in [0.29, 0.717) is 0 Å². The van der Waals surface area contributed by atoms with Gasteiger partial charge < -0.3 is 9.47 Å². The lowest BCUT2D eigenvalue weighted by molar-refractivity contribution is -0.00260. The van der Waals surface area contributed by atoms with Gasteiger partial charge in [0, 0.05) is 6.42 Å². The molecule has 138 valence electrons. The lowest BCUT2D eigenvalue weighted by Gasteiger charge is -2.30. The van der Waals surface area contributed by atoms with Crippen molar-refractivity contribution in [2.75, 3.05) is 0 Å². The van der Waals surface area contributed by atoms with Crippen LogP contribution in [0.25, 0.3) is 0 Å². The molecule has 0 aromatic carbocycles. The smallest absolute Gasteiger partial charge is 0.430 e. The maximum absolute atomic E-state index is 12.4. The minimum atomic E-state index is -0.726. The van der Waals surface area contributed by atoms with E-state index in [1.165, 1.54) is 0 Å². The largest absolute Gasteiger partial charge is 0.443 e. The van der Waals surface area contributed by atoms with Gasteiger partial charge in [-0.1, -0.05) is 19.3 Å². The number of rotatable bonds is 3. The molecule has 2 amide bonds. The zero-order valence-electron chi connectivity index (χ0n) is 16.3. The molecule has 0 aromatic heterocycles. The van der Waals surface area contributed by atoms with Crippen LogP contribution in [0.15, 0.2) is 0 Å². The van der Waals surface area contributed by atoms with Crippen molar-refractivity contribution in [3.8, 4) is 11.8 Å². The van der Waals surface area contributed by atoms with Gasteiger partial charge in [-0.15, -0.1) is 5.92 Å². The average molecular weight is 340 g/mol. The lowest BCUT2D eigenvalue weighted by Crippen LogP contribution is -2.53. The number of hydrogen-bond acceptors (Lipinski definition) is 4. The van der Waals surface area contributed by atoms with E-state index in [9.17, 15) is 9.59 Å². The molecule has 0 aromatic rings. The number of nitrogens with one attached hydrogen (secondary N) is 1. The molecule has 6 heteroatoms. The molecule has 0 saturated heterocycles. The molecule has 0 rings (SSSR count). The molecule has 0 spiro atoms. The Labute approximate surface area is 146 Å². The summed E-state index contributed by atoms with van der Waals surface area (Å²) in [7, 11) is 0. The molecule has 24 heavy (non-hydrogen) atoms. The van der Waals surface area contributed by atoms with Crippen LogP contribution in [-0.2, 0) is 9.47 Å².